The first-order valence-corrected chi connectivity index (χ1v) is 12.4. The molecule has 4 rings (SSSR count). The van der Waals surface area contributed by atoms with E-state index in [-0.39, 0.29) is 0 Å². The maximum absolute atomic E-state index is 6.41. The van der Waals surface area contributed by atoms with Gasteiger partial charge in [0.25, 0.3) is 0 Å². The molecule has 1 aromatic carbocycles. The second-order valence-corrected chi connectivity index (χ2v) is 10.1. The van der Waals surface area contributed by atoms with Crippen LogP contribution >= 0.6 is 23.4 Å². The molecule has 3 N–H and O–H groups in total. The zero-order valence-corrected chi connectivity index (χ0v) is 20.6. The number of thioether (sulfide) groups is 1. The highest BCUT2D eigenvalue weighted by Gasteiger charge is 2.19. The number of para-hydroxylation sites is 1. The van der Waals surface area contributed by atoms with E-state index >= 15 is 0 Å². The highest BCUT2D eigenvalue weighted by molar-refractivity contribution is 8.00. The van der Waals surface area contributed by atoms with Crippen molar-refractivity contribution >= 4 is 46.5 Å². The number of benzene rings is 1. The molecule has 9 heteroatoms. The molecule has 1 aliphatic rings. The molecule has 0 amide bonds. The molecule has 0 radical (unpaired) electrons. The van der Waals surface area contributed by atoms with Gasteiger partial charge >= 0.3 is 0 Å². The molecule has 0 saturated carbocycles. The Balaban J connectivity index is 1.55. The van der Waals surface area contributed by atoms with E-state index in [9.17, 15) is 0 Å². The number of nitrogens with zero attached hydrogens (tertiary/aromatic N) is 3. The van der Waals surface area contributed by atoms with E-state index in [1.165, 1.54) is 0 Å². The minimum Gasteiger partial charge on any atom is -0.480 e. The van der Waals surface area contributed by atoms with E-state index in [0.717, 1.165) is 42.2 Å². The molecular weight excluding hydrogens is 456 g/mol. The van der Waals surface area contributed by atoms with Gasteiger partial charge in [0.15, 0.2) is 5.82 Å². The molecule has 0 spiro atoms. The van der Waals surface area contributed by atoms with Crippen LogP contribution in [0.3, 0.4) is 0 Å². The van der Waals surface area contributed by atoms with Gasteiger partial charge in [0.05, 0.1) is 19.0 Å². The standard InChI is InChI=1S/C24H29ClN6OS/c1-15(2)33-21-7-5-4-6-19(21)28-22-17(25)14-27-24(31-22)30-20-9-8-18(29-23(20)32-3)16-10-12-26-13-11-16/h4-9,14-16,26H,10-13H2,1-3H3,(H2,27,28,30,31). The van der Waals surface area contributed by atoms with Crippen LogP contribution in [-0.2, 0) is 0 Å². The van der Waals surface area contributed by atoms with Crippen molar-refractivity contribution in [1.82, 2.24) is 20.3 Å². The monoisotopic (exact) mass is 484 g/mol. The van der Waals surface area contributed by atoms with Gasteiger partial charge < -0.3 is 20.7 Å². The molecule has 3 heterocycles. The van der Waals surface area contributed by atoms with Gasteiger partial charge in [-0.15, -0.1) is 11.8 Å². The minimum atomic E-state index is 0.408. The summed E-state index contributed by atoms with van der Waals surface area (Å²) in [7, 11) is 1.62. The van der Waals surface area contributed by atoms with Crippen molar-refractivity contribution in [2.24, 2.45) is 0 Å². The van der Waals surface area contributed by atoms with Crippen LogP contribution < -0.4 is 20.7 Å². The van der Waals surface area contributed by atoms with Gasteiger partial charge in [-0.25, -0.2) is 9.97 Å². The van der Waals surface area contributed by atoms with Gasteiger partial charge in [-0.3, -0.25) is 0 Å². The minimum absolute atomic E-state index is 0.408. The normalized spacial score (nSPS) is 14.3. The molecule has 33 heavy (non-hydrogen) atoms. The van der Waals surface area contributed by atoms with Crippen molar-refractivity contribution in [1.29, 1.82) is 0 Å². The predicted molar refractivity (Wildman–Crippen MR) is 137 cm³/mol. The number of hydrogen-bond donors (Lipinski definition) is 3. The van der Waals surface area contributed by atoms with Gasteiger partial charge in [0.1, 0.15) is 10.7 Å². The lowest BCUT2D eigenvalue weighted by atomic mass is 9.94. The summed E-state index contributed by atoms with van der Waals surface area (Å²) in [5.41, 5.74) is 2.71. The first-order valence-electron chi connectivity index (χ1n) is 11.1. The third-order valence-electron chi connectivity index (χ3n) is 5.33. The van der Waals surface area contributed by atoms with Crippen molar-refractivity contribution in [2.75, 3.05) is 30.8 Å². The van der Waals surface area contributed by atoms with E-state index in [0.29, 0.717) is 39.5 Å². The lowest BCUT2D eigenvalue weighted by molar-refractivity contribution is 0.391. The molecule has 3 aromatic rings. The first-order chi connectivity index (χ1) is 16.0. The lowest BCUT2D eigenvalue weighted by Crippen LogP contribution is -2.27. The summed E-state index contributed by atoms with van der Waals surface area (Å²) in [5, 5.41) is 10.9. The second-order valence-electron chi connectivity index (χ2n) is 8.12. The Morgan fingerprint density at radius 1 is 1.06 bits per heavy atom. The zero-order chi connectivity index (χ0) is 23.2. The van der Waals surface area contributed by atoms with E-state index in [1.807, 2.05) is 24.3 Å². The molecule has 0 aliphatic carbocycles. The molecule has 2 aromatic heterocycles. The van der Waals surface area contributed by atoms with Crippen LogP contribution in [0, 0.1) is 0 Å². The smallest absolute Gasteiger partial charge is 0.237 e. The van der Waals surface area contributed by atoms with Crippen LogP contribution in [0.15, 0.2) is 47.5 Å². The number of ether oxygens (including phenoxy) is 1. The van der Waals surface area contributed by atoms with Crippen molar-refractivity contribution in [2.45, 2.75) is 42.8 Å². The molecule has 7 nitrogen and oxygen atoms in total. The van der Waals surface area contributed by atoms with Crippen LogP contribution in [0.4, 0.5) is 23.1 Å². The lowest BCUT2D eigenvalue weighted by Gasteiger charge is -2.23. The summed E-state index contributed by atoms with van der Waals surface area (Å²) in [4.78, 5) is 14.8. The highest BCUT2D eigenvalue weighted by atomic mass is 35.5. The van der Waals surface area contributed by atoms with E-state index in [4.69, 9.17) is 21.3 Å². The largest absolute Gasteiger partial charge is 0.480 e. The fourth-order valence-corrected chi connectivity index (χ4v) is 4.79. The number of pyridine rings is 1. The van der Waals surface area contributed by atoms with Crippen molar-refractivity contribution in [3.05, 3.63) is 53.3 Å². The third-order valence-corrected chi connectivity index (χ3v) is 6.68. The Labute approximate surface area is 204 Å². The maximum Gasteiger partial charge on any atom is 0.237 e. The SMILES string of the molecule is COc1nc(C2CCNCC2)ccc1Nc1ncc(Cl)c(Nc2ccccc2SC(C)C)n1. The number of methoxy groups -OCH3 is 1. The van der Waals surface area contributed by atoms with E-state index < -0.39 is 0 Å². The molecule has 0 unspecified atom stereocenters. The fraction of sp³-hybridized carbons (Fsp3) is 0.375. The molecule has 0 bridgehead atoms. The molecular formula is C24H29ClN6OS. The van der Waals surface area contributed by atoms with Crippen LogP contribution in [0.5, 0.6) is 5.88 Å². The Kier molecular flexibility index (Phi) is 7.90. The van der Waals surface area contributed by atoms with Crippen LogP contribution in [0.2, 0.25) is 5.02 Å². The molecule has 1 fully saturated rings. The summed E-state index contributed by atoms with van der Waals surface area (Å²) < 4.78 is 5.56. The molecule has 1 saturated heterocycles. The summed E-state index contributed by atoms with van der Waals surface area (Å²) in [6, 6.07) is 12.1. The average molecular weight is 485 g/mol. The van der Waals surface area contributed by atoms with Gasteiger partial charge in [0.2, 0.25) is 11.8 Å². The Hall–Kier alpha value is -2.55. The summed E-state index contributed by atoms with van der Waals surface area (Å²) in [5.74, 6) is 1.91. The number of halogens is 1. The summed E-state index contributed by atoms with van der Waals surface area (Å²) in [6.45, 7) is 6.36. The average Bonchev–Trinajstić information content (AvgIpc) is 2.83. The predicted octanol–water partition coefficient (Wildman–Crippen LogP) is 5.99. The summed E-state index contributed by atoms with van der Waals surface area (Å²) in [6.07, 6.45) is 3.74. The van der Waals surface area contributed by atoms with Crippen molar-refractivity contribution in [3.63, 3.8) is 0 Å². The summed E-state index contributed by atoms with van der Waals surface area (Å²) >= 11 is 8.19. The molecule has 1 aliphatic heterocycles. The van der Waals surface area contributed by atoms with Crippen LogP contribution in [-0.4, -0.2) is 40.4 Å². The van der Waals surface area contributed by atoms with Crippen molar-refractivity contribution < 1.29 is 4.74 Å². The third kappa shape index (κ3) is 6.07. The zero-order valence-electron chi connectivity index (χ0n) is 19.1. The quantitative estimate of drug-likeness (QED) is 0.336. The molecule has 0 atom stereocenters. The highest BCUT2D eigenvalue weighted by Crippen LogP contribution is 2.34. The van der Waals surface area contributed by atoms with Crippen LogP contribution in [0.25, 0.3) is 0 Å². The number of aromatic nitrogens is 3. The second kappa shape index (κ2) is 11.0. The number of rotatable bonds is 8. The Morgan fingerprint density at radius 3 is 2.61 bits per heavy atom. The first kappa shape index (κ1) is 23.6. The van der Waals surface area contributed by atoms with E-state index in [1.54, 1.807) is 25.1 Å². The topological polar surface area (TPSA) is 84.0 Å². The Bertz CT molecular complexity index is 1090. The van der Waals surface area contributed by atoms with Gasteiger partial charge in [0, 0.05) is 21.8 Å². The fourth-order valence-electron chi connectivity index (χ4n) is 3.74. The number of anilines is 4. The van der Waals surface area contributed by atoms with Gasteiger partial charge in [-0.2, -0.15) is 4.98 Å². The van der Waals surface area contributed by atoms with Gasteiger partial charge in [-0.1, -0.05) is 37.6 Å². The Morgan fingerprint density at radius 2 is 1.85 bits per heavy atom. The maximum atomic E-state index is 6.41. The van der Waals surface area contributed by atoms with E-state index in [2.05, 4.69) is 51.9 Å². The van der Waals surface area contributed by atoms with Gasteiger partial charge in [-0.05, 0) is 50.2 Å². The van der Waals surface area contributed by atoms with Crippen molar-refractivity contribution in [3.8, 4) is 5.88 Å². The molecule has 174 valence electrons. The number of piperidine rings is 1. The number of nitrogens with one attached hydrogen (secondary N) is 3. The van der Waals surface area contributed by atoms with Crippen LogP contribution in [0.1, 0.15) is 38.3 Å². The number of hydrogen-bond acceptors (Lipinski definition) is 8.